The van der Waals surface area contributed by atoms with Crippen molar-refractivity contribution < 1.29 is 4.79 Å². The molecule has 0 atom stereocenters. The number of carbonyl (C=O) groups is 1. The Bertz CT molecular complexity index is 1040. The van der Waals surface area contributed by atoms with Gasteiger partial charge in [0.1, 0.15) is 11.6 Å². The minimum atomic E-state index is -0.483. The third kappa shape index (κ3) is 4.00. The first-order valence-electron chi connectivity index (χ1n) is 7.44. The third-order valence-corrected chi connectivity index (χ3v) is 4.37. The van der Waals surface area contributed by atoms with Crippen molar-refractivity contribution >= 4 is 51.6 Å². The minimum absolute atomic E-state index is 0.0217. The SMILES string of the molecule is N#CC(=Cc1ccc(Cl)c(Cl)c1)C(=O)Nc1ccc2ccccc2c1. The van der Waals surface area contributed by atoms with Gasteiger partial charge in [0, 0.05) is 5.69 Å². The van der Waals surface area contributed by atoms with Gasteiger partial charge in [0.25, 0.3) is 5.91 Å². The van der Waals surface area contributed by atoms with Crippen molar-refractivity contribution in [3.63, 3.8) is 0 Å². The molecule has 0 spiro atoms. The summed E-state index contributed by atoms with van der Waals surface area (Å²) in [4.78, 5) is 12.4. The minimum Gasteiger partial charge on any atom is -0.321 e. The molecule has 3 rings (SSSR count). The first-order chi connectivity index (χ1) is 12.1. The van der Waals surface area contributed by atoms with Gasteiger partial charge in [-0.3, -0.25) is 4.79 Å². The van der Waals surface area contributed by atoms with Gasteiger partial charge in [0.2, 0.25) is 0 Å². The molecule has 0 aliphatic carbocycles. The van der Waals surface area contributed by atoms with Crippen molar-refractivity contribution in [1.29, 1.82) is 5.26 Å². The summed E-state index contributed by atoms with van der Waals surface area (Å²) in [6.07, 6.45) is 1.47. The number of anilines is 1. The van der Waals surface area contributed by atoms with Crippen LogP contribution in [0.15, 0.2) is 66.2 Å². The number of carbonyl (C=O) groups excluding carboxylic acids is 1. The van der Waals surface area contributed by atoms with Crippen LogP contribution in [0.2, 0.25) is 10.0 Å². The van der Waals surface area contributed by atoms with Crippen molar-refractivity contribution in [3.8, 4) is 6.07 Å². The van der Waals surface area contributed by atoms with Crippen molar-refractivity contribution in [2.75, 3.05) is 5.32 Å². The van der Waals surface area contributed by atoms with E-state index in [-0.39, 0.29) is 5.57 Å². The van der Waals surface area contributed by atoms with E-state index in [0.717, 1.165) is 10.8 Å². The first-order valence-corrected chi connectivity index (χ1v) is 8.19. The zero-order valence-corrected chi connectivity index (χ0v) is 14.5. The fourth-order valence-electron chi connectivity index (χ4n) is 2.38. The van der Waals surface area contributed by atoms with Gasteiger partial charge in [-0.2, -0.15) is 5.26 Å². The Labute approximate surface area is 155 Å². The van der Waals surface area contributed by atoms with Crippen LogP contribution in [0.25, 0.3) is 16.8 Å². The summed E-state index contributed by atoms with van der Waals surface area (Å²) in [6, 6.07) is 20.2. The number of nitrogens with zero attached hydrogens (tertiary/aromatic N) is 1. The van der Waals surface area contributed by atoms with Gasteiger partial charge >= 0.3 is 0 Å². The van der Waals surface area contributed by atoms with E-state index in [1.807, 2.05) is 42.5 Å². The molecule has 25 heavy (non-hydrogen) atoms. The number of halogens is 2. The van der Waals surface area contributed by atoms with Gasteiger partial charge in [-0.05, 0) is 46.7 Å². The first kappa shape index (κ1) is 17.0. The second-order valence-corrected chi connectivity index (χ2v) is 6.17. The van der Waals surface area contributed by atoms with Gasteiger partial charge in [-0.25, -0.2) is 0 Å². The number of nitriles is 1. The lowest BCUT2D eigenvalue weighted by molar-refractivity contribution is -0.112. The molecule has 0 radical (unpaired) electrons. The summed E-state index contributed by atoms with van der Waals surface area (Å²) in [7, 11) is 0. The zero-order chi connectivity index (χ0) is 17.8. The molecule has 0 heterocycles. The molecule has 0 unspecified atom stereocenters. The van der Waals surface area contributed by atoms with Crippen LogP contribution in [0.1, 0.15) is 5.56 Å². The molecular weight excluding hydrogens is 355 g/mol. The molecule has 1 N–H and O–H groups in total. The fraction of sp³-hybridized carbons (Fsp3) is 0. The van der Waals surface area contributed by atoms with E-state index in [9.17, 15) is 10.1 Å². The predicted molar refractivity (Wildman–Crippen MR) is 103 cm³/mol. The predicted octanol–water partition coefficient (Wildman–Crippen LogP) is 5.69. The highest BCUT2D eigenvalue weighted by molar-refractivity contribution is 6.42. The van der Waals surface area contributed by atoms with Gasteiger partial charge in [-0.1, -0.05) is 59.6 Å². The third-order valence-electron chi connectivity index (χ3n) is 3.63. The van der Waals surface area contributed by atoms with Crippen LogP contribution in [0, 0.1) is 11.3 Å². The van der Waals surface area contributed by atoms with Crippen LogP contribution in [0.3, 0.4) is 0 Å². The van der Waals surface area contributed by atoms with E-state index in [1.54, 1.807) is 24.3 Å². The molecule has 0 aliphatic rings. The molecule has 0 fully saturated rings. The van der Waals surface area contributed by atoms with Crippen LogP contribution in [-0.4, -0.2) is 5.91 Å². The number of hydrogen-bond acceptors (Lipinski definition) is 2. The van der Waals surface area contributed by atoms with Crippen LogP contribution >= 0.6 is 23.2 Å². The quantitative estimate of drug-likeness (QED) is 0.477. The number of benzene rings is 3. The molecule has 0 bridgehead atoms. The average molecular weight is 367 g/mol. The largest absolute Gasteiger partial charge is 0.321 e. The maximum absolute atomic E-state index is 12.4. The lowest BCUT2D eigenvalue weighted by Crippen LogP contribution is -2.13. The van der Waals surface area contributed by atoms with Crippen LogP contribution < -0.4 is 5.32 Å². The average Bonchev–Trinajstić information content (AvgIpc) is 2.62. The van der Waals surface area contributed by atoms with Crippen molar-refractivity contribution in [1.82, 2.24) is 0 Å². The van der Waals surface area contributed by atoms with Crippen molar-refractivity contribution in [2.45, 2.75) is 0 Å². The zero-order valence-electron chi connectivity index (χ0n) is 13.0. The molecule has 0 aromatic heterocycles. The molecule has 5 heteroatoms. The maximum atomic E-state index is 12.4. The Morgan fingerprint density at radius 2 is 1.72 bits per heavy atom. The Balaban J connectivity index is 1.85. The molecule has 0 saturated heterocycles. The molecule has 3 aromatic rings. The van der Waals surface area contributed by atoms with E-state index in [1.165, 1.54) is 6.08 Å². The molecule has 3 aromatic carbocycles. The van der Waals surface area contributed by atoms with Crippen LogP contribution in [0.5, 0.6) is 0 Å². The number of rotatable bonds is 3. The highest BCUT2D eigenvalue weighted by Crippen LogP contribution is 2.24. The Morgan fingerprint density at radius 3 is 2.44 bits per heavy atom. The van der Waals surface area contributed by atoms with Crippen LogP contribution in [0.4, 0.5) is 5.69 Å². The van der Waals surface area contributed by atoms with Gasteiger partial charge < -0.3 is 5.32 Å². The van der Waals surface area contributed by atoms with Gasteiger partial charge in [0.15, 0.2) is 0 Å². The molecule has 3 nitrogen and oxygen atoms in total. The van der Waals surface area contributed by atoms with Crippen LogP contribution in [-0.2, 0) is 4.79 Å². The van der Waals surface area contributed by atoms with E-state index < -0.39 is 5.91 Å². The molecular formula is C20H12Cl2N2O. The maximum Gasteiger partial charge on any atom is 0.266 e. The number of fused-ring (bicyclic) bond motifs is 1. The topological polar surface area (TPSA) is 52.9 Å². The second-order valence-electron chi connectivity index (χ2n) is 5.36. The number of nitrogens with one attached hydrogen (secondary N) is 1. The monoisotopic (exact) mass is 366 g/mol. The number of hydrogen-bond donors (Lipinski definition) is 1. The van der Waals surface area contributed by atoms with Gasteiger partial charge in [-0.15, -0.1) is 0 Å². The Hall–Kier alpha value is -2.80. The summed E-state index contributed by atoms with van der Waals surface area (Å²) in [6.45, 7) is 0. The fourth-order valence-corrected chi connectivity index (χ4v) is 2.69. The molecule has 122 valence electrons. The summed E-state index contributed by atoms with van der Waals surface area (Å²) in [5, 5.41) is 14.9. The smallest absolute Gasteiger partial charge is 0.266 e. The molecule has 0 aliphatic heterocycles. The lowest BCUT2D eigenvalue weighted by atomic mass is 10.1. The Morgan fingerprint density at radius 1 is 0.960 bits per heavy atom. The summed E-state index contributed by atoms with van der Waals surface area (Å²) in [5.41, 5.74) is 1.23. The van der Waals surface area contributed by atoms with E-state index in [4.69, 9.17) is 23.2 Å². The summed E-state index contributed by atoms with van der Waals surface area (Å²) in [5.74, 6) is -0.483. The van der Waals surface area contributed by atoms with E-state index in [2.05, 4.69) is 5.32 Å². The normalized spacial score (nSPS) is 11.2. The molecule has 1 amide bonds. The summed E-state index contributed by atoms with van der Waals surface area (Å²) >= 11 is 11.8. The van der Waals surface area contributed by atoms with Gasteiger partial charge in [0.05, 0.1) is 10.0 Å². The van der Waals surface area contributed by atoms with E-state index >= 15 is 0 Å². The summed E-state index contributed by atoms with van der Waals surface area (Å²) < 4.78 is 0. The highest BCUT2D eigenvalue weighted by atomic mass is 35.5. The molecule has 0 saturated carbocycles. The highest BCUT2D eigenvalue weighted by Gasteiger charge is 2.10. The Kier molecular flexibility index (Phi) is 5.04. The van der Waals surface area contributed by atoms with E-state index in [0.29, 0.717) is 21.3 Å². The standard InChI is InChI=1S/C20H12Cl2N2O/c21-18-8-5-13(10-19(18)22)9-16(12-23)20(25)24-17-7-6-14-3-1-2-4-15(14)11-17/h1-11H,(H,24,25). The van der Waals surface area contributed by atoms with Crippen molar-refractivity contribution in [3.05, 3.63) is 81.8 Å². The number of amides is 1. The lowest BCUT2D eigenvalue weighted by Gasteiger charge is -2.06. The second kappa shape index (κ2) is 7.40. The van der Waals surface area contributed by atoms with Crippen molar-refractivity contribution in [2.24, 2.45) is 0 Å².